The van der Waals surface area contributed by atoms with E-state index in [9.17, 15) is 9.59 Å². The molecular weight excluding hydrogens is 366 g/mol. The SMILES string of the molecule is Nc1ccccc1NC(=O)c1ccc(CC2(N)COc3ccccc3C2=O)cc1. The summed E-state index contributed by atoms with van der Waals surface area (Å²) in [4.78, 5) is 25.3. The molecule has 0 saturated heterocycles. The maximum atomic E-state index is 12.9. The van der Waals surface area contributed by atoms with Crippen LogP contribution in [0, 0.1) is 0 Å². The van der Waals surface area contributed by atoms with E-state index in [2.05, 4.69) is 5.32 Å². The second kappa shape index (κ2) is 7.41. The Kier molecular flexibility index (Phi) is 4.78. The Morgan fingerprint density at radius 1 is 1.00 bits per heavy atom. The average Bonchev–Trinajstić information content (AvgIpc) is 2.73. The highest BCUT2D eigenvalue weighted by molar-refractivity contribution is 6.07. The van der Waals surface area contributed by atoms with Crippen LogP contribution in [0.5, 0.6) is 5.75 Å². The summed E-state index contributed by atoms with van der Waals surface area (Å²) in [6.45, 7) is 0.109. The first-order chi connectivity index (χ1) is 14.0. The minimum atomic E-state index is -1.14. The van der Waals surface area contributed by atoms with Gasteiger partial charge in [-0.2, -0.15) is 0 Å². The summed E-state index contributed by atoms with van der Waals surface area (Å²) in [6.07, 6.45) is 0.313. The highest BCUT2D eigenvalue weighted by Gasteiger charge is 2.40. The summed E-state index contributed by atoms with van der Waals surface area (Å²) >= 11 is 0. The number of ether oxygens (including phenoxy) is 1. The summed E-state index contributed by atoms with van der Waals surface area (Å²) in [6, 6.07) is 21.2. The van der Waals surface area contributed by atoms with Crippen molar-refractivity contribution in [3.8, 4) is 5.75 Å². The number of hydrogen-bond donors (Lipinski definition) is 3. The van der Waals surface area contributed by atoms with Crippen LogP contribution >= 0.6 is 0 Å². The van der Waals surface area contributed by atoms with Gasteiger partial charge in [0.2, 0.25) is 0 Å². The molecule has 0 spiro atoms. The molecule has 6 heteroatoms. The molecule has 5 N–H and O–H groups in total. The first-order valence-electron chi connectivity index (χ1n) is 9.27. The van der Waals surface area contributed by atoms with Gasteiger partial charge in [0.15, 0.2) is 5.78 Å². The quantitative estimate of drug-likeness (QED) is 0.597. The lowest BCUT2D eigenvalue weighted by molar-refractivity contribution is 0.0777. The number of amides is 1. The third-order valence-electron chi connectivity index (χ3n) is 5.01. The van der Waals surface area contributed by atoms with Gasteiger partial charge >= 0.3 is 0 Å². The van der Waals surface area contributed by atoms with E-state index in [-0.39, 0.29) is 18.3 Å². The molecule has 4 rings (SSSR count). The van der Waals surface area contributed by atoms with Gasteiger partial charge in [0, 0.05) is 12.0 Å². The van der Waals surface area contributed by atoms with Crippen LogP contribution < -0.4 is 21.5 Å². The number of rotatable bonds is 4. The highest BCUT2D eigenvalue weighted by Crippen LogP contribution is 2.30. The van der Waals surface area contributed by atoms with Crippen LogP contribution in [0.3, 0.4) is 0 Å². The van der Waals surface area contributed by atoms with Crippen molar-refractivity contribution in [3.63, 3.8) is 0 Å². The third-order valence-corrected chi connectivity index (χ3v) is 5.01. The van der Waals surface area contributed by atoms with Crippen molar-refractivity contribution < 1.29 is 14.3 Å². The molecule has 0 aliphatic carbocycles. The van der Waals surface area contributed by atoms with Gasteiger partial charge in [0.1, 0.15) is 17.9 Å². The maximum absolute atomic E-state index is 12.9. The Labute approximate surface area is 168 Å². The fraction of sp³-hybridized carbons (Fsp3) is 0.130. The number of nitrogen functional groups attached to an aromatic ring is 1. The zero-order valence-electron chi connectivity index (χ0n) is 15.7. The first-order valence-corrected chi connectivity index (χ1v) is 9.27. The van der Waals surface area contributed by atoms with E-state index in [1.807, 2.05) is 6.07 Å². The number of benzene rings is 3. The van der Waals surface area contributed by atoms with Crippen molar-refractivity contribution in [1.29, 1.82) is 0 Å². The molecule has 29 heavy (non-hydrogen) atoms. The molecule has 0 saturated carbocycles. The Hall–Kier alpha value is -3.64. The van der Waals surface area contributed by atoms with Crippen LogP contribution in [-0.2, 0) is 6.42 Å². The van der Waals surface area contributed by atoms with E-state index >= 15 is 0 Å². The van der Waals surface area contributed by atoms with Crippen LogP contribution in [0.15, 0.2) is 72.8 Å². The zero-order valence-corrected chi connectivity index (χ0v) is 15.7. The normalized spacial score (nSPS) is 17.9. The van der Waals surface area contributed by atoms with Crippen LogP contribution in [0.1, 0.15) is 26.3 Å². The smallest absolute Gasteiger partial charge is 0.255 e. The molecule has 0 bridgehead atoms. The number of nitrogens with two attached hydrogens (primary N) is 2. The fourth-order valence-electron chi connectivity index (χ4n) is 3.40. The number of hydrogen-bond acceptors (Lipinski definition) is 5. The molecule has 3 aromatic carbocycles. The summed E-state index contributed by atoms with van der Waals surface area (Å²) < 4.78 is 5.70. The summed E-state index contributed by atoms with van der Waals surface area (Å²) in [5.41, 5.74) is 14.0. The van der Waals surface area contributed by atoms with E-state index in [1.54, 1.807) is 66.7 Å². The number of ketones is 1. The van der Waals surface area contributed by atoms with Crippen molar-refractivity contribution in [2.75, 3.05) is 17.7 Å². The van der Waals surface area contributed by atoms with Crippen molar-refractivity contribution in [2.45, 2.75) is 12.0 Å². The Morgan fingerprint density at radius 2 is 1.69 bits per heavy atom. The first kappa shape index (κ1) is 18.7. The van der Waals surface area contributed by atoms with Crippen molar-refractivity contribution in [1.82, 2.24) is 0 Å². The van der Waals surface area contributed by atoms with Gasteiger partial charge in [-0.3, -0.25) is 9.59 Å². The molecule has 1 unspecified atom stereocenters. The van der Waals surface area contributed by atoms with Crippen LogP contribution in [-0.4, -0.2) is 23.8 Å². The molecule has 1 amide bonds. The minimum Gasteiger partial charge on any atom is -0.490 e. The van der Waals surface area contributed by atoms with Gasteiger partial charge < -0.3 is 21.5 Å². The van der Waals surface area contributed by atoms with Gasteiger partial charge in [0.05, 0.1) is 16.9 Å². The number of fused-ring (bicyclic) bond motifs is 1. The maximum Gasteiger partial charge on any atom is 0.255 e. The molecule has 1 aliphatic heterocycles. The molecule has 0 fully saturated rings. The van der Waals surface area contributed by atoms with Gasteiger partial charge in [-0.1, -0.05) is 36.4 Å². The number of carbonyl (C=O) groups is 2. The topological polar surface area (TPSA) is 107 Å². The summed E-state index contributed by atoms with van der Waals surface area (Å²) in [5.74, 6) is 0.161. The summed E-state index contributed by atoms with van der Waals surface area (Å²) in [5, 5.41) is 2.79. The Morgan fingerprint density at radius 3 is 2.45 bits per heavy atom. The number of Topliss-reactive ketones (excluding diaryl/α,β-unsaturated/α-hetero) is 1. The second-order valence-corrected chi connectivity index (χ2v) is 7.19. The lowest BCUT2D eigenvalue weighted by Gasteiger charge is -2.33. The van der Waals surface area contributed by atoms with Crippen molar-refractivity contribution >= 4 is 23.1 Å². The third kappa shape index (κ3) is 3.70. The van der Waals surface area contributed by atoms with Crippen LogP contribution in [0.25, 0.3) is 0 Å². The van der Waals surface area contributed by atoms with Gasteiger partial charge in [0.25, 0.3) is 5.91 Å². The predicted octanol–water partition coefficient (Wildman–Crippen LogP) is 3.04. The van der Waals surface area contributed by atoms with Gasteiger partial charge in [-0.25, -0.2) is 0 Å². The lowest BCUT2D eigenvalue weighted by atomic mass is 9.83. The monoisotopic (exact) mass is 387 g/mol. The van der Waals surface area contributed by atoms with Crippen LogP contribution in [0.2, 0.25) is 0 Å². The van der Waals surface area contributed by atoms with Crippen molar-refractivity contribution in [2.24, 2.45) is 5.73 Å². The number of carbonyl (C=O) groups excluding carboxylic acids is 2. The predicted molar refractivity (Wildman–Crippen MR) is 112 cm³/mol. The van der Waals surface area contributed by atoms with Gasteiger partial charge in [-0.15, -0.1) is 0 Å². The fourth-order valence-corrected chi connectivity index (χ4v) is 3.40. The van der Waals surface area contributed by atoms with Crippen LogP contribution in [0.4, 0.5) is 11.4 Å². The molecule has 0 radical (unpaired) electrons. The van der Waals surface area contributed by atoms with E-state index in [0.29, 0.717) is 34.7 Å². The minimum absolute atomic E-state index is 0.109. The Bertz CT molecular complexity index is 1080. The van der Waals surface area contributed by atoms with E-state index in [1.165, 1.54) is 0 Å². The number of nitrogens with one attached hydrogen (secondary N) is 1. The van der Waals surface area contributed by atoms with E-state index in [4.69, 9.17) is 16.2 Å². The average molecular weight is 387 g/mol. The molecule has 1 heterocycles. The number of para-hydroxylation sites is 3. The molecule has 1 atom stereocenters. The summed E-state index contributed by atoms with van der Waals surface area (Å²) in [7, 11) is 0. The molecule has 146 valence electrons. The van der Waals surface area contributed by atoms with Gasteiger partial charge in [-0.05, 0) is 42.0 Å². The van der Waals surface area contributed by atoms with E-state index < -0.39 is 5.54 Å². The zero-order chi connectivity index (χ0) is 20.4. The molecule has 0 aromatic heterocycles. The molecule has 6 nitrogen and oxygen atoms in total. The number of anilines is 2. The Balaban J connectivity index is 1.48. The molecular formula is C23H21N3O3. The highest BCUT2D eigenvalue weighted by atomic mass is 16.5. The standard InChI is InChI=1S/C23H21N3O3/c24-18-6-2-3-7-19(18)26-22(28)16-11-9-15(10-12-16)13-23(25)14-29-20-8-4-1-5-17(20)21(23)27/h1-12H,13-14,24-25H2,(H,26,28). The molecule has 1 aliphatic rings. The largest absolute Gasteiger partial charge is 0.490 e. The second-order valence-electron chi connectivity index (χ2n) is 7.19. The molecule has 3 aromatic rings. The lowest BCUT2D eigenvalue weighted by Crippen LogP contribution is -2.56. The van der Waals surface area contributed by atoms with E-state index in [0.717, 1.165) is 5.56 Å². The van der Waals surface area contributed by atoms with Crippen molar-refractivity contribution in [3.05, 3.63) is 89.5 Å².